The summed E-state index contributed by atoms with van der Waals surface area (Å²) in [4.78, 5) is 0. The van der Waals surface area contributed by atoms with Gasteiger partial charge in [-0.25, -0.2) is 13.8 Å². The number of hydrogen-bond acceptors (Lipinski definition) is 3. The normalized spacial score (nSPS) is 18.4. The van der Waals surface area contributed by atoms with Crippen molar-refractivity contribution >= 4 is 5.70 Å². The zero-order valence-electron chi connectivity index (χ0n) is 10.9. The molecule has 0 saturated heterocycles. The van der Waals surface area contributed by atoms with Crippen LogP contribution in [0.5, 0.6) is 0 Å². The molecule has 6 heteroatoms. The number of halogens is 1. The van der Waals surface area contributed by atoms with E-state index in [1.807, 2.05) is 25.3 Å². The van der Waals surface area contributed by atoms with Crippen LogP contribution in [0.15, 0.2) is 42.4 Å². The van der Waals surface area contributed by atoms with Crippen molar-refractivity contribution in [3.63, 3.8) is 0 Å². The highest BCUT2D eigenvalue weighted by Crippen LogP contribution is 2.23. The number of nitriles is 1. The first-order valence-corrected chi connectivity index (χ1v) is 6.20. The molecule has 0 fully saturated rings. The Hall–Kier alpha value is -2.68. The van der Waals surface area contributed by atoms with Gasteiger partial charge >= 0.3 is 0 Å². The molecule has 2 aromatic heterocycles. The zero-order chi connectivity index (χ0) is 14.1. The lowest BCUT2D eigenvalue weighted by Gasteiger charge is -2.12. The lowest BCUT2D eigenvalue weighted by atomic mass is 10.0. The fourth-order valence-electron chi connectivity index (χ4n) is 2.09. The van der Waals surface area contributed by atoms with Crippen molar-refractivity contribution < 1.29 is 4.39 Å². The fraction of sp³-hybridized carbons (Fsp3) is 0.214. The van der Waals surface area contributed by atoms with Gasteiger partial charge in [0, 0.05) is 18.2 Å². The lowest BCUT2D eigenvalue weighted by Crippen LogP contribution is -2.08. The summed E-state index contributed by atoms with van der Waals surface area (Å²) in [5.74, 6) is 0. The summed E-state index contributed by atoms with van der Waals surface area (Å²) >= 11 is 0. The molecule has 0 aromatic carbocycles. The van der Waals surface area contributed by atoms with Gasteiger partial charge in [-0.1, -0.05) is 0 Å². The van der Waals surface area contributed by atoms with Crippen LogP contribution in [0.25, 0.3) is 11.4 Å². The summed E-state index contributed by atoms with van der Waals surface area (Å²) < 4.78 is 16.8. The van der Waals surface area contributed by atoms with Gasteiger partial charge < -0.3 is 0 Å². The molecule has 100 valence electrons. The number of rotatable bonds is 2. The largest absolute Gasteiger partial charge is 0.242 e. The molecule has 0 bridgehead atoms. The quantitative estimate of drug-likeness (QED) is 0.841. The Kier molecular flexibility index (Phi) is 2.95. The second kappa shape index (κ2) is 4.78. The van der Waals surface area contributed by atoms with E-state index in [0.29, 0.717) is 11.3 Å². The monoisotopic (exact) mass is 269 g/mol. The molecule has 3 rings (SSSR count). The Labute approximate surface area is 115 Å². The van der Waals surface area contributed by atoms with Crippen LogP contribution < -0.4 is 0 Å². The van der Waals surface area contributed by atoms with Crippen molar-refractivity contribution in [1.29, 1.82) is 5.26 Å². The Morgan fingerprint density at radius 1 is 1.45 bits per heavy atom. The highest BCUT2D eigenvalue weighted by Gasteiger charge is 2.16. The molecule has 1 aliphatic carbocycles. The van der Waals surface area contributed by atoms with Crippen LogP contribution in [0.4, 0.5) is 4.39 Å². The van der Waals surface area contributed by atoms with Crippen LogP contribution in [0.3, 0.4) is 0 Å². The van der Waals surface area contributed by atoms with Crippen molar-refractivity contribution in [1.82, 2.24) is 19.6 Å². The molecule has 0 saturated carbocycles. The van der Waals surface area contributed by atoms with E-state index >= 15 is 0 Å². The number of allylic oxidation sites excluding steroid dienone is 4. The van der Waals surface area contributed by atoms with Crippen molar-refractivity contribution in [3.8, 4) is 11.8 Å². The van der Waals surface area contributed by atoms with E-state index in [9.17, 15) is 4.39 Å². The molecule has 0 radical (unpaired) electrons. The minimum atomic E-state index is -1.15. The van der Waals surface area contributed by atoms with Crippen molar-refractivity contribution in [2.24, 2.45) is 0 Å². The Morgan fingerprint density at radius 3 is 3.00 bits per heavy atom. The number of aromatic nitrogens is 4. The minimum absolute atomic E-state index is 0.131. The van der Waals surface area contributed by atoms with Crippen LogP contribution in [-0.4, -0.2) is 25.7 Å². The van der Waals surface area contributed by atoms with Gasteiger partial charge in [0.05, 0.1) is 29.9 Å². The van der Waals surface area contributed by atoms with Crippen LogP contribution in [-0.2, 0) is 0 Å². The summed E-state index contributed by atoms with van der Waals surface area (Å²) in [6.07, 6.45) is 7.33. The third-order valence-electron chi connectivity index (χ3n) is 3.05. The minimum Gasteiger partial charge on any atom is -0.242 e. The van der Waals surface area contributed by atoms with E-state index in [1.165, 1.54) is 6.08 Å². The molecule has 1 atom stereocenters. The average molecular weight is 269 g/mol. The molecular weight excluding hydrogens is 257 g/mol. The van der Waals surface area contributed by atoms with Crippen LogP contribution >= 0.6 is 0 Å². The molecule has 1 unspecified atom stereocenters. The Balaban J connectivity index is 1.95. The maximum absolute atomic E-state index is 13.6. The average Bonchev–Trinajstić information content (AvgIpc) is 3.06. The third-order valence-corrected chi connectivity index (χ3v) is 3.05. The van der Waals surface area contributed by atoms with Crippen molar-refractivity contribution in [2.45, 2.75) is 19.5 Å². The summed E-state index contributed by atoms with van der Waals surface area (Å²) in [6, 6.07) is 3.89. The summed E-state index contributed by atoms with van der Waals surface area (Å²) in [6.45, 7) is 1.90. The van der Waals surface area contributed by atoms with Gasteiger partial charge in [-0.15, -0.1) is 0 Å². The van der Waals surface area contributed by atoms with Gasteiger partial charge in [0.15, 0.2) is 0 Å². The molecule has 0 spiro atoms. The SMILES string of the molecule is Cc1ccn(-c2cnn(C3=CC(F)CC(C#N)=C3)c2)n1. The van der Waals surface area contributed by atoms with E-state index in [-0.39, 0.29) is 6.42 Å². The number of hydrogen-bond donors (Lipinski definition) is 0. The smallest absolute Gasteiger partial charge is 0.125 e. The van der Waals surface area contributed by atoms with Crippen LogP contribution in [0, 0.1) is 18.3 Å². The van der Waals surface area contributed by atoms with Gasteiger partial charge in [0.25, 0.3) is 0 Å². The van der Waals surface area contributed by atoms with Gasteiger partial charge in [-0.05, 0) is 25.1 Å². The summed E-state index contributed by atoms with van der Waals surface area (Å²) in [5.41, 5.74) is 2.68. The zero-order valence-corrected chi connectivity index (χ0v) is 10.9. The molecule has 1 aliphatic rings. The van der Waals surface area contributed by atoms with E-state index in [4.69, 9.17) is 5.26 Å². The van der Waals surface area contributed by atoms with Crippen molar-refractivity contribution in [2.75, 3.05) is 0 Å². The molecule has 0 amide bonds. The van der Waals surface area contributed by atoms with E-state index < -0.39 is 6.17 Å². The highest BCUT2D eigenvalue weighted by molar-refractivity contribution is 5.63. The second-order valence-corrected chi connectivity index (χ2v) is 4.64. The maximum atomic E-state index is 13.6. The van der Waals surface area contributed by atoms with E-state index in [2.05, 4.69) is 10.2 Å². The first-order valence-electron chi connectivity index (χ1n) is 6.20. The number of nitrogens with zero attached hydrogens (tertiary/aromatic N) is 5. The standard InChI is InChI=1S/C14H12FN5/c1-10-2-3-19(18-10)14-8-17-20(9-14)13-5-11(7-16)4-12(15)6-13/h2-3,5-6,8-9,12H,4H2,1H3. The fourth-order valence-corrected chi connectivity index (χ4v) is 2.09. The van der Waals surface area contributed by atoms with Gasteiger partial charge in [0.2, 0.25) is 0 Å². The molecule has 2 heterocycles. The molecule has 2 aromatic rings. The third kappa shape index (κ3) is 2.26. The molecular formula is C14H12FN5. The van der Waals surface area contributed by atoms with Gasteiger partial charge in [-0.2, -0.15) is 15.5 Å². The lowest BCUT2D eigenvalue weighted by molar-refractivity contribution is 0.397. The topological polar surface area (TPSA) is 59.4 Å². The molecule has 0 N–H and O–H groups in total. The Bertz CT molecular complexity index is 744. The summed E-state index contributed by atoms with van der Waals surface area (Å²) in [7, 11) is 0. The number of aryl methyl sites for hydroxylation is 1. The highest BCUT2D eigenvalue weighted by atomic mass is 19.1. The predicted molar refractivity (Wildman–Crippen MR) is 71.6 cm³/mol. The van der Waals surface area contributed by atoms with Gasteiger partial charge in [-0.3, -0.25) is 0 Å². The van der Waals surface area contributed by atoms with Gasteiger partial charge in [0.1, 0.15) is 11.9 Å². The molecule has 5 nitrogen and oxygen atoms in total. The van der Waals surface area contributed by atoms with Crippen LogP contribution in [0.1, 0.15) is 12.1 Å². The molecule has 20 heavy (non-hydrogen) atoms. The second-order valence-electron chi connectivity index (χ2n) is 4.64. The van der Waals surface area contributed by atoms with E-state index in [0.717, 1.165) is 11.4 Å². The van der Waals surface area contributed by atoms with Crippen molar-refractivity contribution in [3.05, 3.63) is 48.1 Å². The first kappa shape index (κ1) is 12.4. The van der Waals surface area contributed by atoms with Crippen LogP contribution in [0.2, 0.25) is 0 Å². The predicted octanol–water partition coefficient (Wildman–Crippen LogP) is 2.41. The Morgan fingerprint density at radius 2 is 2.30 bits per heavy atom. The molecule has 0 aliphatic heterocycles. The first-order chi connectivity index (χ1) is 9.65. The van der Waals surface area contributed by atoms with E-state index in [1.54, 1.807) is 27.8 Å². The number of alkyl halides is 1. The maximum Gasteiger partial charge on any atom is 0.125 e. The summed E-state index contributed by atoms with van der Waals surface area (Å²) in [5, 5.41) is 17.4.